The summed E-state index contributed by atoms with van der Waals surface area (Å²) in [5, 5.41) is 21.7. The number of fused-ring (bicyclic) bond motifs is 1. The molecule has 1 amide bonds. The molecule has 2 N–H and O–H groups in total. The van der Waals surface area contributed by atoms with Crippen LogP contribution in [0.1, 0.15) is 29.1 Å². The first-order chi connectivity index (χ1) is 15.8. The van der Waals surface area contributed by atoms with Gasteiger partial charge in [-0.15, -0.1) is 0 Å². The Hall–Kier alpha value is -3.78. The van der Waals surface area contributed by atoms with Crippen molar-refractivity contribution in [2.75, 3.05) is 33.8 Å². The van der Waals surface area contributed by atoms with E-state index < -0.39 is 23.5 Å². The van der Waals surface area contributed by atoms with Crippen molar-refractivity contribution in [1.29, 1.82) is 0 Å². The molecular formula is C25H26N2O6. The third kappa shape index (κ3) is 4.17. The van der Waals surface area contributed by atoms with Gasteiger partial charge in [-0.2, -0.15) is 0 Å². The summed E-state index contributed by atoms with van der Waals surface area (Å²) < 4.78 is 11.2. The van der Waals surface area contributed by atoms with Gasteiger partial charge in [0.05, 0.1) is 18.2 Å². The standard InChI is InChI=1S/C25H26N2O6/c1-4-32-19-14-16(9-10-17(19)28)22-21(24(30)25(31)27(22)12-11-26(2)3)23(29)20-13-15-7-5-6-8-18(15)33-20/h5-10,13-14,22,28,30H,4,11-12H2,1-3H3. The number of phenols is 1. The lowest BCUT2D eigenvalue weighted by atomic mass is 9.94. The molecule has 0 aliphatic carbocycles. The number of likely N-dealkylation sites (N-methyl/N-ethyl adjacent to an activating group) is 1. The van der Waals surface area contributed by atoms with Crippen LogP contribution in [0.25, 0.3) is 11.0 Å². The second-order valence-electron chi connectivity index (χ2n) is 8.10. The van der Waals surface area contributed by atoms with Crippen molar-refractivity contribution in [3.05, 3.63) is 71.2 Å². The first-order valence-corrected chi connectivity index (χ1v) is 10.7. The molecule has 8 nitrogen and oxygen atoms in total. The summed E-state index contributed by atoms with van der Waals surface area (Å²) in [6, 6.07) is 12.6. The minimum absolute atomic E-state index is 0.0359. The van der Waals surface area contributed by atoms with E-state index in [9.17, 15) is 19.8 Å². The smallest absolute Gasteiger partial charge is 0.290 e. The van der Waals surface area contributed by atoms with Crippen LogP contribution in [-0.2, 0) is 4.79 Å². The number of carbonyl (C=O) groups excluding carboxylic acids is 2. The summed E-state index contributed by atoms with van der Waals surface area (Å²) in [6.07, 6.45) is 0. The highest BCUT2D eigenvalue weighted by atomic mass is 16.5. The second-order valence-corrected chi connectivity index (χ2v) is 8.10. The zero-order chi connectivity index (χ0) is 23.7. The number of aliphatic hydroxyl groups is 1. The predicted molar refractivity (Wildman–Crippen MR) is 122 cm³/mol. The Labute approximate surface area is 191 Å². The first-order valence-electron chi connectivity index (χ1n) is 10.7. The van der Waals surface area contributed by atoms with E-state index in [1.165, 1.54) is 11.0 Å². The molecule has 4 rings (SSSR count). The number of ether oxygens (including phenoxy) is 1. The number of Topliss-reactive ketones (excluding diaryl/α,β-unsaturated/α-hetero) is 1. The van der Waals surface area contributed by atoms with Crippen LogP contribution in [0.5, 0.6) is 11.5 Å². The lowest BCUT2D eigenvalue weighted by molar-refractivity contribution is -0.129. The Morgan fingerprint density at radius 3 is 2.61 bits per heavy atom. The molecule has 0 bridgehead atoms. The van der Waals surface area contributed by atoms with E-state index in [4.69, 9.17) is 9.15 Å². The van der Waals surface area contributed by atoms with Crippen LogP contribution in [0.4, 0.5) is 0 Å². The number of carbonyl (C=O) groups is 2. The normalized spacial score (nSPS) is 16.3. The Balaban J connectivity index is 1.81. The molecule has 2 aromatic carbocycles. The summed E-state index contributed by atoms with van der Waals surface area (Å²) in [6.45, 7) is 2.92. The largest absolute Gasteiger partial charge is 0.504 e. The molecule has 0 saturated carbocycles. The third-order valence-corrected chi connectivity index (χ3v) is 5.59. The van der Waals surface area contributed by atoms with E-state index >= 15 is 0 Å². The fourth-order valence-corrected chi connectivity index (χ4v) is 3.97. The number of nitrogens with zero attached hydrogens (tertiary/aromatic N) is 2. The number of rotatable bonds is 8. The van der Waals surface area contributed by atoms with Crippen molar-refractivity contribution < 1.29 is 29.0 Å². The highest BCUT2D eigenvalue weighted by Gasteiger charge is 2.44. The molecular weight excluding hydrogens is 424 g/mol. The number of aromatic hydroxyl groups is 1. The lowest BCUT2D eigenvalue weighted by Gasteiger charge is -2.28. The molecule has 1 aliphatic heterocycles. The predicted octanol–water partition coefficient (Wildman–Crippen LogP) is 3.68. The molecule has 1 aromatic heterocycles. The van der Waals surface area contributed by atoms with E-state index in [1.807, 2.05) is 31.1 Å². The minimum Gasteiger partial charge on any atom is -0.504 e. The van der Waals surface area contributed by atoms with Gasteiger partial charge in [-0.3, -0.25) is 9.59 Å². The van der Waals surface area contributed by atoms with Gasteiger partial charge >= 0.3 is 0 Å². The van der Waals surface area contributed by atoms with Crippen LogP contribution in [0.15, 0.2) is 64.3 Å². The zero-order valence-corrected chi connectivity index (χ0v) is 18.7. The van der Waals surface area contributed by atoms with Gasteiger partial charge in [0.2, 0.25) is 5.78 Å². The first kappa shape index (κ1) is 22.4. The maximum absolute atomic E-state index is 13.5. The number of hydrogen-bond acceptors (Lipinski definition) is 7. The van der Waals surface area contributed by atoms with Gasteiger partial charge in [0.25, 0.3) is 5.91 Å². The van der Waals surface area contributed by atoms with Crippen LogP contribution in [0.2, 0.25) is 0 Å². The van der Waals surface area contributed by atoms with E-state index in [0.29, 0.717) is 24.3 Å². The number of benzene rings is 2. The van der Waals surface area contributed by atoms with Gasteiger partial charge in [-0.25, -0.2) is 0 Å². The molecule has 0 saturated heterocycles. The van der Waals surface area contributed by atoms with Crippen LogP contribution in [0, 0.1) is 0 Å². The highest BCUT2D eigenvalue weighted by Crippen LogP contribution is 2.41. The SMILES string of the molecule is CCOc1cc(C2C(C(=O)c3cc4ccccc4o3)=C(O)C(=O)N2CCN(C)C)ccc1O. The van der Waals surface area contributed by atoms with Crippen molar-refractivity contribution in [3.8, 4) is 11.5 Å². The molecule has 1 aliphatic rings. The molecule has 8 heteroatoms. The van der Waals surface area contributed by atoms with Crippen molar-refractivity contribution in [2.24, 2.45) is 0 Å². The number of hydrogen-bond donors (Lipinski definition) is 2. The van der Waals surface area contributed by atoms with Crippen LogP contribution < -0.4 is 4.74 Å². The average molecular weight is 450 g/mol. The van der Waals surface area contributed by atoms with Gasteiger partial charge in [-0.1, -0.05) is 24.3 Å². The Bertz CT molecular complexity index is 1210. The molecule has 1 unspecified atom stereocenters. The Morgan fingerprint density at radius 2 is 1.91 bits per heavy atom. The Kier molecular flexibility index (Phi) is 6.11. The number of para-hydroxylation sites is 1. The number of phenolic OH excluding ortho intramolecular Hbond substituents is 1. The van der Waals surface area contributed by atoms with Crippen LogP contribution in [0.3, 0.4) is 0 Å². The monoisotopic (exact) mass is 450 g/mol. The topological polar surface area (TPSA) is 103 Å². The van der Waals surface area contributed by atoms with Gasteiger partial charge < -0.3 is 29.2 Å². The number of aliphatic hydroxyl groups excluding tert-OH is 1. The van der Waals surface area contributed by atoms with E-state index in [-0.39, 0.29) is 29.4 Å². The average Bonchev–Trinajstić information content (AvgIpc) is 3.33. The highest BCUT2D eigenvalue weighted by molar-refractivity contribution is 6.16. The van der Waals surface area contributed by atoms with Gasteiger partial charge in [0.1, 0.15) is 5.58 Å². The molecule has 2 heterocycles. The molecule has 1 atom stereocenters. The summed E-state index contributed by atoms with van der Waals surface area (Å²) in [7, 11) is 3.74. The molecule has 0 fully saturated rings. The van der Waals surface area contributed by atoms with Gasteiger partial charge in [0.15, 0.2) is 23.0 Å². The van der Waals surface area contributed by atoms with E-state index in [2.05, 4.69) is 0 Å². The van der Waals surface area contributed by atoms with E-state index in [0.717, 1.165) is 5.39 Å². The number of amides is 1. The molecule has 0 spiro atoms. The minimum atomic E-state index is -0.863. The third-order valence-electron chi connectivity index (χ3n) is 5.59. The molecule has 172 valence electrons. The summed E-state index contributed by atoms with van der Waals surface area (Å²) >= 11 is 0. The zero-order valence-electron chi connectivity index (χ0n) is 18.7. The second kappa shape index (κ2) is 8.99. The van der Waals surface area contributed by atoms with Gasteiger partial charge in [0, 0.05) is 18.5 Å². The molecule has 33 heavy (non-hydrogen) atoms. The molecule has 0 radical (unpaired) electrons. The quantitative estimate of drug-likeness (QED) is 0.505. The van der Waals surface area contributed by atoms with Crippen LogP contribution in [-0.4, -0.2) is 65.5 Å². The Morgan fingerprint density at radius 1 is 1.15 bits per heavy atom. The van der Waals surface area contributed by atoms with Crippen molar-refractivity contribution in [2.45, 2.75) is 13.0 Å². The molecule has 3 aromatic rings. The van der Waals surface area contributed by atoms with Crippen molar-refractivity contribution in [1.82, 2.24) is 9.80 Å². The van der Waals surface area contributed by atoms with Crippen LogP contribution >= 0.6 is 0 Å². The summed E-state index contributed by atoms with van der Waals surface area (Å²) in [5.41, 5.74) is 1.01. The number of furan rings is 1. The van der Waals surface area contributed by atoms with Gasteiger partial charge in [-0.05, 0) is 50.8 Å². The van der Waals surface area contributed by atoms with Crippen molar-refractivity contribution in [3.63, 3.8) is 0 Å². The summed E-state index contributed by atoms with van der Waals surface area (Å²) in [5.74, 6) is -1.59. The number of ketones is 1. The fourth-order valence-electron chi connectivity index (χ4n) is 3.97. The summed E-state index contributed by atoms with van der Waals surface area (Å²) in [4.78, 5) is 29.9. The maximum Gasteiger partial charge on any atom is 0.290 e. The van der Waals surface area contributed by atoms with Crippen molar-refractivity contribution >= 4 is 22.7 Å². The lowest BCUT2D eigenvalue weighted by Crippen LogP contribution is -2.36. The fraction of sp³-hybridized carbons (Fsp3) is 0.280. The van der Waals surface area contributed by atoms with E-state index in [1.54, 1.807) is 37.3 Å². The maximum atomic E-state index is 13.5.